The van der Waals surface area contributed by atoms with Gasteiger partial charge in [-0.25, -0.2) is 14.8 Å². The summed E-state index contributed by atoms with van der Waals surface area (Å²) in [6.45, 7) is 5.64. The largest absolute Gasteiger partial charge is 0.488 e. The summed E-state index contributed by atoms with van der Waals surface area (Å²) in [6, 6.07) is 15.8. The average molecular weight is 853 g/mol. The van der Waals surface area contributed by atoms with E-state index in [4.69, 9.17) is 24.2 Å². The summed E-state index contributed by atoms with van der Waals surface area (Å²) in [6.07, 6.45) is 8.92. The van der Waals surface area contributed by atoms with Gasteiger partial charge >= 0.3 is 6.09 Å². The van der Waals surface area contributed by atoms with E-state index in [1.165, 1.54) is 7.11 Å². The second kappa shape index (κ2) is 16.6. The van der Waals surface area contributed by atoms with Gasteiger partial charge in [0.1, 0.15) is 48.4 Å². The lowest BCUT2D eigenvalue weighted by Gasteiger charge is -2.31. The van der Waals surface area contributed by atoms with Gasteiger partial charge in [0, 0.05) is 52.4 Å². The number of methoxy groups -OCH3 is 1. The van der Waals surface area contributed by atoms with Crippen LogP contribution in [0.4, 0.5) is 4.79 Å². The van der Waals surface area contributed by atoms with Crippen LogP contribution in [0.2, 0.25) is 0 Å². The van der Waals surface area contributed by atoms with Crippen LogP contribution in [0.5, 0.6) is 11.5 Å². The van der Waals surface area contributed by atoms with Crippen LogP contribution in [-0.2, 0) is 32.3 Å². The molecule has 6 heterocycles. The average Bonchev–Trinajstić information content (AvgIpc) is 4.12. The molecule has 4 aliphatic heterocycles. The van der Waals surface area contributed by atoms with Gasteiger partial charge in [-0.15, -0.1) is 0 Å². The molecule has 0 unspecified atom stereocenters. The Morgan fingerprint density at radius 3 is 1.79 bits per heavy atom. The number of imidazole rings is 2. The molecule has 1 aliphatic carbocycles. The van der Waals surface area contributed by atoms with Crippen LogP contribution >= 0.6 is 0 Å². The lowest BCUT2D eigenvalue weighted by Crippen LogP contribution is -2.51. The van der Waals surface area contributed by atoms with Crippen molar-refractivity contribution in [3.8, 4) is 45.1 Å². The number of rotatable bonds is 11. The zero-order valence-corrected chi connectivity index (χ0v) is 35.7. The Bertz CT molecular complexity index is 2530. The third kappa shape index (κ3) is 7.46. The number of amides is 4. The minimum Gasteiger partial charge on any atom is -0.488 e. The molecule has 4 amide bonds. The Morgan fingerprint density at radius 2 is 1.29 bits per heavy atom. The highest BCUT2D eigenvalue weighted by atomic mass is 16.5. The van der Waals surface area contributed by atoms with Crippen molar-refractivity contribution in [2.75, 3.05) is 20.2 Å². The summed E-state index contributed by atoms with van der Waals surface area (Å²) < 4.78 is 17.7. The van der Waals surface area contributed by atoms with Gasteiger partial charge in [-0.1, -0.05) is 50.6 Å². The molecule has 326 valence electrons. The van der Waals surface area contributed by atoms with Crippen molar-refractivity contribution in [2.24, 2.45) is 11.8 Å². The third-order valence-electron chi connectivity index (χ3n) is 13.4. The highest BCUT2D eigenvalue weighted by Gasteiger charge is 2.40. The van der Waals surface area contributed by atoms with Crippen molar-refractivity contribution in [2.45, 2.75) is 96.2 Å². The summed E-state index contributed by atoms with van der Waals surface area (Å²) in [5, 5.41) is 5.80. The van der Waals surface area contributed by atoms with Gasteiger partial charge in [0.05, 0.1) is 43.0 Å². The molecule has 10 rings (SSSR count). The van der Waals surface area contributed by atoms with Crippen LogP contribution in [-0.4, -0.2) is 79.8 Å². The van der Waals surface area contributed by atoms with E-state index < -0.39 is 18.2 Å². The van der Waals surface area contributed by atoms with E-state index in [0.717, 1.165) is 107 Å². The number of ether oxygens (including phenoxy) is 3. The molecule has 1 saturated carbocycles. The number of likely N-dealkylation sites (tertiary alicyclic amines) is 2. The minimum atomic E-state index is -0.761. The number of carbonyl (C=O) groups is 4. The molecule has 4 atom stereocenters. The van der Waals surface area contributed by atoms with Gasteiger partial charge in [-0.2, -0.15) is 0 Å². The van der Waals surface area contributed by atoms with Gasteiger partial charge in [0.2, 0.25) is 17.7 Å². The maximum atomic E-state index is 14.3. The molecule has 63 heavy (non-hydrogen) atoms. The van der Waals surface area contributed by atoms with E-state index in [1.54, 1.807) is 11.1 Å². The molecular weight excluding hydrogens is 801 g/mol. The van der Waals surface area contributed by atoms with Crippen LogP contribution < -0.4 is 20.1 Å². The predicted molar refractivity (Wildman–Crippen MR) is 232 cm³/mol. The number of aromatic nitrogens is 4. The highest BCUT2D eigenvalue weighted by Crippen LogP contribution is 2.51. The van der Waals surface area contributed by atoms with E-state index >= 15 is 0 Å². The molecule has 0 radical (unpaired) electrons. The fourth-order valence-electron chi connectivity index (χ4n) is 9.83. The Morgan fingerprint density at radius 1 is 0.730 bits per heavy atom. The van der Waals surface area contributed by atoms with Crippen LogP contribution in [0.3, 0.4) is 0 Å². The number of nitrogens with zero attached hydrogens (tertiary/aromatic N) is 4. The van der Waals surface area contributed by atoms with Crippen molar-refractivity contribution >= 4 is 23.8 Å². The Labute approximate surface area is 365 Å². The molecule has 0 bridgehead atoms. The maximum Gasteiger partial charge on any atom is 0.407 e. The Hall–Kier alpha value is -6.64. The monoisotopic (exact) mass is 852 g/mol. The Balaban J connectivity index is 0.872. The standard InChI is InChI=1S/C48H52N8O7/c1-26(2)41(54-48(60)61-3)46(58)55-16-8-14-35(55)43-49-22-33(51-43)29-18-31-24-63-38-21-30(19-32-25-62-37(20-29)39(31)40(32)38)34-23-50-44(52-34)36-15-9-17-56(36)47(59)42(27-10-5-4-6-11-27)53-45(57)28-12-7-13-28/h4-6,10-11,18-23,26,28,35-36,41-42H,7-9,12-17,24-25H2,1-3H3,(H,49,51)(H,50,52)(H,53,57)(H,54,60)/t35-,36-,41-,42+/m0/s1. The molecule has 3 fully saturated rings. The number of alkyl carbamates (subject to hydrolysis) is 1. The van der Waals surface area contributed by atoms with E-state index in [2.05, 4.69) is 32.7 Å². The van der Waals surface area contributed by atoms with Crippen molar-refractivity contribution in [3.63, 3.8) is 0 Å². The number of nitrogens with one attached hydrogen (secondary N) is 4. The van der Waals surface area contributed by atoms with Gasteiger partial charge in [-0.3, -0.25) is 14.4 Å². The zero-order chi connectivity index (χ0) is 43.4. The number of H-pyrrole nitrogens is 2. The maximum absolute atomic E-state index is 14.3. The van der Waals surface area contributed by atoms with Gasteiger partial charge in [-0.05, 0) is 74.3 Å². The summed E-state index contributed by atoms with van der Waals surface area (Å²) in [5.74, 6) is 2.44. The van der Waals surface area contributed by atoms with E-state index in [-0.39, 0.29) is 41.6 Å². The Kier molecular flexibility index (Phi) is 10.6. The molecule has 4 N–H and O–H groups in total. The van der Waals surface area contributed by atoms with Crippen molar-refractivity contribution in [1.29, 1.82) is 0 Å². The SMILES string of the molecule is COC(=O)N[C@H](C(=O)N1CCC[C@H]1c1ncc(-c2cc3c4c(c2)OCc2cc(-c5cnc([C@@H]6CCCN6C(=O)[C@H](NC(=O)C6CCC6)c6ccccc6)[nH]5)cc(c2-4)OC3)[nH]1)C(C)C. The molecule has 15 nitrogen and oxygen atoms in total. The molecule has 5 aliphatic rings. The second-order valence-corrected chi connectivity index (χ2v) is 17.7. The molecule has 15 heteroatoms. The molecular formula is C48H52N8O7. The number of hydrogen-bond acceptors (Lipinski definition) is 9. The number of hydrogen-bond donors (Lipinski definition) is 4. The number of benzene rings is 3. The lowest BCUT2D eigenvalue weighted by atomic mass is 9.84. The summed E-state index contributed by atoms with van der Waals surface area (Å²) in [7, 11) is 1.29. The molecule has 0 spiro atoms. The minimum absolute atomic E-state index is 0.0335. The fourth-order valence-corrected chi connectivity index (χ4v) is 9.83. The second-order valence-electron chi connectivity index (χ2n) is 17.7. The van der Waals surface area contributed by atoms with Gasteiger partial charge in [0.15, 0.2) is 0 Å². The van der Waals surface area contributed by atoms with Crippen LogP contribution in [0, 0.1) is 11.8 Å². The van der Waals surface area contributed by atoms with Crippen molar-refractivity contribution in [3.05, 3.63) is 95.3 Å². The van der Waals surface area contributed by atoms with E-state index in [1.807, 2.05) is 67.4 Å². The van der Waals surface area contributed by atoms with Gasteiger partial charge < -0.3 is 44.6 Å². The topological polar surface area (TPSA) is 184 Å². The molecule has 5 aromatic rings. The normalized spacial score (nSPS) is 19.7. The van der Waals surface area contributed by atoms with Crippen LogP contribution in [0.25, 0.3) is 33.6 Å². The summed E-state index contributed by atoms with van der Waals surface area (Å²) in [5.41, 5.74) is 8.23. The highest BCUT2D eigenvalue weighted by molar-refractivity contribution is 5.91. The first-order valence-corrected chi connectivity index (χ1v) is 22.2. The predicted octanol–water partition coefficient (Wildman–Crippen LogP) is 7.28. The van der Waals surface area contributed by atoms with Gasteiger partial charge in [0.25, 0.3) is 0 Å². The quantitative estimate of drug-likeness (QED) is 0.106. The van der Waals surface area contributed by atoms with Crippen LogP contribution in [0.1, 0.15) is 105 Å². The van der Waals surface area contributed by atoms with Crippen LogP contribution in [0.15, 0.2) is 67.0 Å². The number of carbonyl (C=O) groups excluding carboxylic acids is 4. The van der Waals surface area contributed by atoms with Crippen molar-refractivity contribution < 1.29 is 33.4 Å². The lowest BCUT2D eigenvalue weighted by molar-refractivity contribution is -0.139. The first-order valence-electron chi connectivity index (χ1n) is 22.2. The third-order valence-corrected chi connectivity index (χ3v) is 13.4. The molecule has 3 aromatic carbocycles. The smallest absolute Gasteiger partial charge is 0.407 e. The first-order chi connectivity index (χ1) is 30.6. The first kappa shape index (κ1) is 40.4. The fraction of sp³-hybridized carbons (Fsp3) is 0.417. The van der Waals surface area contributed by atoms with Crippen molar-refractivity contribution in [1.82, 2.24) is 40.4 Å². The molecule has 2 aromatic heterocycles. The summed E-state index contributed by atoms with van der Waals surface area (Å²) in [4.78, 5) is 73.4. The van der Waals surface area contributed by atoms with E-state index in [0.29, 0.717) is 38.0 Å². The summed E-state index contributed by atoms with van der Waals surface area (Å²) >= 11 is 0. The molecule has 2 saturated heterocycles. The zero-order valence-electron chi connectivity index (χ0n) is 35.7. The van der Waals surface area contributed by atoms with E-state index in [9.17, 15) is 19.2 Å². The number of aromatic amines is 2.